The summed E-state index contributed by atoms with van der Waals surface area (Å²) < 4.78 is 5.63. The number of carbonyl (C=O) groups excluding carboxylic acids is 1. The van der Waals surface area contributed by atoms with E-state index in [2.05, 4.69) is 13.8 Å². The van der Waals surface area contributed by atoms with E-state index >= 15 is 0 Å². The fraction of sp³-hybridized carbons (Fsp3) is 0.562. The fourth-order valence-electron chi connectivity index (χ4n) is 2.14. The Morgan fingerprint density at radius 1 is 1.11 bits per heavy atom. The lowest BCUT2D eigenvalue weighted by atomic mass is 9.92. The number of benzene rings is 1. The van der Waals surface area contributed by atoms with E-state index in [0.717, 1.165) is 18.4 Å². The number of ether oxygens (including phenoxy) is 1. The van der Waals surface area contributed by atoms with Crippen LogP contribution in [0.2, 0.25) is 0 Å². The molecule has 2 nitrogen and oxygen atoms in total. The van der Waals surface area contributed by atoms with Gasteiger partial charge in [0, 0.05) is 13.0 Å². The van der Waals surface area contributed by atoms with Gasteiger partial charge in [0.25, 0.3) is 0 Å². The molecule has 0 bridgehead atoms. The third kappa shape index (κ3) is 4.26. The van der Waals surface area contributed by atoms with Gasteiger partial charge in [0.05, 0.1) is 0 Å². The zero-order valence-electron chi connectivity index (χ0n) is 11.7. The maximum absolute atomic E-state index is 12.3. The van der Waals surface area contributed by atoms with Gasteiger partial charge in [-0.1, -0.05) is 57.0 Å². The third-order valence-corrected chi connectivity index (χ3v) is 3.37. The zero-order chi connectivity index (χ0) is 13.4. The van der Waals surface area contributed by atoms with Gasteiger partial charge in [-0.3, -0.25) is 4.79 Å². The van der Waals surface area contributed by atoms with Crippen LogP contribution in [-0.2, 0) is 9.53 Å². The third-order valence-electron chi connectivity index (χ3n) is 3.37. The van der Waals surface area contributed by atoms with Gasteiger partial charge in [-0.25, -0.2) is 0 Å². The van der Waals surface area contributed by atoms with Crippen LogP contribution in [0, 0.1) is 5.92 Å². The summed E-state index contributed by atoms with van der Waals surface area (Å²) in [5.74, 6) is 0.681. The molecule has 0 aliphatic heterocycles. The van der Waals surface area contributed by atoms with Gasteiger partial charge in [-0.15, -0.1) is 0 Å². The molecular formula is C16H24O2. The van der Waals surface area contributed by atoms with Crippen molar-refractivity contribution in [2.75, 3.05) is 6.61 Å². The second-order valence-corrected chi connectivity index (χ2v) is 4.60. The minimum Gasteiger partial charge on any atom is -0.366 e. The standard InChI is InChI=1S/C16H24O2/c1-4-13(5-2)12-15(17)16(18-6-3)14-10-8-7-9-11-14/h7-11,13,16H,4-6,12H2,1-3H3. The number of hydrogen-bond acceptors (Lipinski definition) is 2. The summed E-state index contributed by atoms with van der Waals surface area (Å²) in [4.78, 5) is 12.3. The topological polar surface area (TPSA) is 26.3 Å². The molecule has 0 spiro atoms. The molecule has 1 aromatic carbocycles. The van der Waals surface area contributed by atoms with E-state index in [1.165, 1.54) is 0 Å². The van der Waals surface area contributed by atoms with Crippen LogP contribution in [0.4, 0.5) is 0 Å². The van der Waals surface area contributed by atoms with Crippen molar-refractivity contribution >= 4 is 5.78 Å². The average Bonchev–Trinajstić information content (AvgIpc) is 2.42. The lowest BCUT2D eigenvalue weighted by molar-refractivity contribution is -0.131. The molecule has 0 saturated carbocycles. The first kappa shape index (κ1) is 14.9. The summed E-state index contributed by atoms with van der Waals surface area (Å²) in [5, 5.41) is 0. The van der Waals surface area contributed by atoms with Crippen molar-refractivity contribution in [3.63, 3.8) is 0 Å². The first-order valence-corrected chi connectivity index (χ1v) is 6.92. The Kier molecular flexibility index (Phi) is 6.66. The molecule has 0 saturated heterocycles. The van der Waals surface area contributed by atoms with Crippen molar-refractivity contribution in [3.8, 4) is 0 Å². The Balaban J connectivity index is 2.76. The lowest BCUT2D eigenvalue weighted by Crippen LogP contribution is -2.19. The van der Waals surface area contributed by atoms with Crippen LogP contribution in [0.3, 0.4) is 0 Å². The highest BCUT2D eigenvalue weighted by molar-refractivity contribution is 5.84. The van der Waals surface area contributed by atoms with E-state index in [4.69, 9.17) is 4.74 Å². The van der Waals surface area contributed by atoms with E-state index in [9.17, 15) is 4.79 Å². The lowest BCUT2D eigenvalue weighted by Gasteiger charge is -2.19. The van der Waals surface area contributed by atoms with Crippen LogP contribution >= 0.6 is 0 Å². The van der Waals surface area contributed by atoms with Crippen molar-refractivity contribution < 1.29 is 9.53 Å². The molecule has 1 rings (SSSR count). The molecule has 0 aromatic heterocycles. The fourth-order valence-corrected chi connectivity index (χ4v) is 2.14. The average molecular weight is 248 g/mol. The minimum absolute atomic E-state index is 0.205. The number of ketones is 1. The van der Waals surface area contributed by atoms with E-state index in [1.54, 1.807) is 0 Å². The summed E-state index contributed by atoms with van der Waals surface area (Å²) >= 11 is 0. The van der Waals surface area contributed by atoms with E-state index in [-0.39, 0.29) is 5.78 Å². The Morgan fingerprint density at radius 3 is 2.22 bits per heavy atom. The van der Waals surface area contributed by atoms with Gasteiger partial charge >= 0.3 is 0 Å². The smallest absolute Gasteiger partial charge is 0.166 e. The molecule has 0 aliphatic carbocycles. The second-order valence-electron chi connectivity index (χ2n) is 4.60. The first-order chi connectivity index (χ1) is 8.72. The summed E-state index contributed by atoms with van der Waals surface area (Å²) in [6.45, 7) is 6.77. The maximum atomic E-state index is 12.3. The van der Waals surface area contributed by atoms with Crippen LogP contribution < -0.4 is 0 Å². The van der Waals surface area contributed by atoms with Crippen LogP contribution in [0.5, 0.6) is 0 Å². The number of hydrogen-bond donors (Lipinski definition) is 0. The molecule has 0 aliphatic rings. The normalized spacial score (nSPS) is 12.7. The van der Waals surface area contributed by atoms with Crippen LogP contribution in [0.25, 0.3) is 0 Å². The Bertz CT molecular complexity index is 341. The monoisotopic (exact) mass is 248 g/mol. The van der Waals surface area contributed by atoms with Gasteiger partial charge in [0.15, 0.2) is 5.78 Å². The maximum Gasteiger partial charge on any atom is 0.166 e. The quantitative estimate of drug-likeness (QED) is 0.690. The molecule has 0 radical (unpaired) electrons. The summed E-state index contributed by atoms with van der Waals surface area (Å²) in [5.41, 5.74) is 0.968. The highest BCUT2D eigenvalue weighted by Gasteiger charge is 2.22. The van der Waals surface area contributed by atoms with Gasteiger partial charge in [-0.05, 0) is 18.4 Å². The Morgan fingerprint density at radius 2 is 1.72 bits per heavy atom. The molecule has 100 valence electrons. The highest BCUT2D eigenvalue weighted by atomic mass is 16.5. The van der Waals surface area contributed by atoms with Crippen molar-refractivity contribution in [1.82, 2.24) is 0 Å². The number of Topliss-reactive ketones (excluding diaryl/α,β-unsaturated/α-hetero) is 1. The molecular weight excluding hydrogens is 224 g/mol. The van der Waals surface area contributed by atoms with Gasteiger partial charge < -0.3 is 4.74 Å². The summed E-state index contributed by atoms with van der Waals surface area (Å²) in [6.07, 6.45) is 2.33. The predicted octanol–water partition coefficient (Wildman–Crippen LogP) is 4.16. The highest BCUT2D eigenvalue weighted by Crippen LogP contribution is 2.23. The molecule has 2 heteroatoms. The second kappa shape index (κ2) is 8.04. The molecule has 1 atom stereocenters. The molecule has 18 heavy (non-hydrogen) atoms. The van der Waals surface area contributed by atoms with E-state index in [1.807, 2.05) is 37.3 Å². The van der Waals surface area contributed by atoms with Crippen molar-refractivity contribution in [1.29, 1.82) is 0 Å². The molecule has 0 heterocycles. The first-order valence-electron chi connectivity index (χ1n) is 6.92. The minimum atomic E-state index is -0.392. The van der Waals surface area contributed by atoms with Gasteiger partial charge in [0.1, 0.15) is 6.10 Å². The Labute approximate surface area is 110 Å². The van der Waals surface area contributed by atoms with Gasteiger partial charge in [-0.2, -0.15) is 0 Å². The molecule has 0 N–H and O–H groups in total. The van der Waals surface area contributed by atoms with E-state index in [0.29, 0.717) is 18.9 Å². The summed E-state index contributed by atoms with van der Waals surface area (Å²) in [7, 11) is 0. The van der Waals surface area contributed by atoms with Crippen molar-refractivity contribution in [3.05, 3.63) is 35.9 Å². The number of rotatable bonds is 8. The van der Waals surface area contributed by atoms with Crippen LogP contribution in [-0.4, -0.2) is 12.4 Å². The van der Waals surface area contributed by atoms with E-state index < -0.39 is 6.10 Å². The van der Waals surface area contributed by atoms with Crippen molar-refractivity contribution in [2.24, 2.45) is 5.92 Å². The molecule has 1 unspecified atom stereocenters. The predicted molar refractivity (Wildman–Crippen MR) is 74.5 cm³/mol. The van der Waals surface area contributed by atoms with Crippen LogP contribution in [0.15, 0.2) is 30.3 Å². The Hall–Kier alpha value is -1.15. The zero-order valence-corrected chi connectivity index (χ0v) is 11.7. The molecule has 0 fully saturated rings. The van der Waals surface area contributed by atoms with Crippen molar-refractivity contribution in [2.45, 2.75) is 46.1 Å². The van der Waals surface area contributed by atoms with Gasteiger partial charge in [0.2, 0.25) is 0 Å². The summed E-state index contributed by atoms with van der Waals surface area (Å²) in [6, 6.07) is 9.78. The molecule has 0 amide bonds. The molecule has 1 aromatic rings. The number of carbonyl (C=O) groups is 1. The largest absolute Gasteiger partial charge is 0.366 e. The van der Waals surface area contributed by atoms with Crippen LogP contribution in [0.1, 0.15) is 51.7 Å². The SMILES string of the molecule is CCOC(C(=O)CC(CC)CC)c1ccccc1.